The fourth-order valence-corrected chi connectivity index (χ4v) is 2.21. The predicted octanol–water partition coefficient (Wildman–Crippen LogP) is 3.27. The zero-order valence-electron chi connectivity index (χ0n) is 11.3. The van der Waals surface area contributed by atoms with E-state index in [1.54, 1.807) is 0 Å². The molecule has 0 atom stereocenters. The lowest BCUT2D eigenvalue weighted by Crippen LogP contribution is -2.03. The lowest BCUT2D eigenvalue weighted by Gasteiger charge is -2.09. The Morgan fingerprint density at radius 1 is 0.900 bits per heavy atom. The molecule has 0 unspecified atom stereocenters. The second kappa shape index (κ2) is 5.57. The number of ketones is 1. The first-order valence-electron chi connectivity index (χ1n) is 6.68. The van der Waals surface area contributed by atoms with Gasteiger partial charge in [-0.05, 0) is 6.92 Å². The molecule has 3 heteroatoms. The monoisotopic (exact) mass is 268 g/mol. The van der Waals surface area contributed by atoms with Gasteiger partial charge in [-0.3, -0.25) is 4.79 Å². The van der Waals surface area contributed by atoms with Crippen LogP contribution in [0.15, 0.2) is 48.5 Å². The van der Waals surface area contributed by atoms with E-state index in [-0.39, 0.29) is 12.1 Å². The van der Waals surface area contributed by atoms with Crippen molar-refractivity contribution in [1.29, 1.82) is 0 Å². The molecule has 102 valence electrons. The Labute approximate surface area is 118 Å². The van der Waals surface area contributed by atoms with E-state index in [1.165, 1.54) is 0 Å². The van der Waals surface area contributed by atoms with Crippen LogP contribution in [0.4, 0.5) is 0 Å². The summed E-state index contributed by atoms with van der Waals surface area (Å²) in [6.45, 7) is 3.24. The number of carbonyl (C=O) groups is 1. The molecule has 20 heavy (non-hydrogen) atoms. The van der Waals surface area contributed by atoms with Crippen LogP contribution in [-0.2, 0) is 9.47 Å². The number of hydrogen-bond acceptors (Lipinski definition) is 3. The highest BCUT2D eigenvalue weighted by atomic mass is 16.7. The molecule has 3 nitrogen and oxygen atoms in total. The molecule has 0 spiro atoms. The highest BCUT2D eigenvalue weighted by Crippen LogP contribution is 2.23. The topological polar surface area (TPSA) is 35.5 Å². The maximum absolute atomic E-state index is 12.3. The first-order chi connectivity index (χ1) is 9.74. The maximum Gasteiger partial charge on any atom is 0.193 e. The molecule has 0 saturated carbocycles. The summed E-state index contributed by atoms with van der Waals surface area (Å²) in [4.78, 5) is 12.3. The van der Waals surface area contributed by atoms with Gasteiger partial charge in [0.25, 0.3) is 0 Å². The Morgan fingerprint density at radius 3 is 1.95 bits per heavy atom. The van der Waals surface area contributed by atoms with Crippen LogP contribution in [0.1, 0.15) is 33.3 Å². The van der Waals surface area contributed by atoms with Crippen molar-refractivity contribution in [2.75, 3.05) is 13.2 Å². The zero-order valence-corrected chi connectivity index (χ0v) is 11.3. The SMILES string of the molecule is Cc1ccc(C(=O)c2ccc(C3OCCO3)cc2)cc1. The third kappa shape index (κ3) is 2.64. The number of aryl methyl sites for hydroxylation is 1. The Kier molecular flexibility index (Phi) is 3.63. The summed E-state index contributed by atoms with van der Waals surface area (Å²) in [5.74, 6) is 0.0322. The van der Waals surface area contributed by atoms with Crippen molar-refractivity contribution in [2.45, 2.75) is 13.2 Å². The molecule has 2 aromatic carbocycles. The molecule has 1 saturated heterocycles. The molecule has 0 aliphatic carbocycles. The summed E-state index contributed by atoms with van der Waals surface area (Å²) < 4.78 is 10.9. The van der Waals surface area contributed by atoms with E-state index in [4.69, 9.17) is 9.47 Å². The van der Waals surface area contributed by atoms with Crippen molar-refractivity contribution >= 4 is 5.78 Å². The molecule has 1 heterocycles. The van der Waals surface area contributed by atoms with Crippen LogP contribution in [0.3, 0.4) is 0 Å². The highest BCUT2D eigenvalue weighted by molar-refractivity contribution is 6.08. The summed E-state index contributed by atoms with van der Waals surface area (Å²) >= 11 is 0. The molecule has 1 aliphatic rings. The highest BCUT2D eigenvalue weighted by Gasteiger charge is 2.18. The van der Waals surface area contributed by atoms with Gasteiger partial charge in [0.05, 0.1) is 13.2 Å². The van der Waals surface area contributed by atoms with E-state index in [2.05, 4.69) is 0 Å². The Balaban J connectivity index is 1.80. The molecule has 0 amide bonds. The van der Waals surface area contributed by atoms with E-state index in [0.29, 0.717) is 24.3 Å². The Morgan fingerprint density at radius 2 is 1.40 bits per heavy atom. The van der Waals surface area contributed by atoms with E-state index in [0.717, 1.165) is 11.1 Å². The van der Waals surface area contributed by atoms with E-state index >= 15 is 0 Å². The molecule has 1 fully saturated rings. The molecule has 3 rings (SSSR count). The van der Waals surface area contributed by atoms with Crippen molar-refractivity contribution in [1.82, 2.24) is 0 Å². The minimum atomic E-state index is -0.293. The molecule has 2 aromatic rings. The van der Waals surface area contributed by atoms with Crippen LogP contribution in [0.2, 0.25) is 0 Å². The summed E-state index contributed by atoms with van der Waals surface area (Å²) in [7, 11) is 0. The largest absolute Gasteiger partial charge is 0.346 e. The van der Waals surface area contributed by atoms with Gasteiger partial charge in [0.2, 0.25) is 0 Å². The van der Waals surface area contributed by atoms with Gasteiger partial charge in [0, 0.05) is 16.7 Å². The lowest BCUT2D eigenvalue weighted by atomic mass is 10.0. The van der Waals surface area contributed by atoms with Crippen molar-refractivity contribution < 1.29 is 14.3 Å². The van der Waals surface area contributed by atoms with Crippen LogP contribution in [0.25, 0.3) is 0 Å². The number of rotatable bonds is 3. The van der Waals surface area contributed by atoms with E-state index < -0.39 is 0 Å². The summed E-state index contributed by atoms with van der Waals surface area (Å²) in [6, 6.07) is 15.0. The van der Waals surface area contributed by atoms with Gasteiger partial charge in [-0.15, -0.1) is 0 Å². The third-order valence-corrected chi connectivity index (χ3v) is 3.38. The quantitative estimate of drug-likeness (QED) is 0.801. The van der Waals surface area contributed by atoms with Gasteiger partial charge in [-0.2, -0.15) is 0 Å². The molecule has 0 radical (unpaired) electrons. The number of ether oxygens (including phenoxy) is 2. The van der Waals surface area contributed by atoms with Crippen LogP contribution in [-0.4, -0.2) is 19.0 Å². The molecule has 0 N–H and O–H groups in total. The van der Waals surface area contributed by atoms with Crippen LogP contribution in [0, 0.1) is 6.92 Å². The maximum atomic E-state index is 12.3. The van der Waals surface area contributed by atoms with Crippen molar-refractivity contribution in [3.8, 4) is 0 Å². The van der Waals surface area contributed by atoms with Gasteiger partial charge in [-0.25, -0.2) is 0 Å². The predicted molar refractivity (Wildman–Crippen MR) is 75.7 cm³/mol. The molecular weight excluding hydrogens is 252 g/mol. The minimum Gasteiger partial charge on any atom is -0.346 e. The van der Waals surface area contributed by atoms with E-state index in [9.17, 15) is 4.79 Å². The molecule has 1 aliphatic heterocycles. The molecular formula is C17H16O3. The average molecular weight is 268 g/mol. The second-order valence-electron chi connectivity index (χ2n) is 4.89. The van der Waals surface area contributed by atoms with Gasteiger partial charge in [0.1, 0.15) is 0 Å². The Hall–Kier alpha value is -1.97. The van der Waals surface area contributed by atoms with Crippen molar-refractivity contribution in [3.63, 3.8) is 0 Å². The third-order valence-electron chi connectivity index (χ3n) is 3.38. The van der Waals surface area contributed by atoms with Crippen LogP contribution < -0.4 is 0 Å². The second-order valence-corrected chi connectivity index (χ2v) is 4.89. The van der Waals surface area contributed by atoms with E-state index in [1.807, 2.05) is 55.5 Å². The lowest BCUT2D eigenvalue weighted by molar-refractivity contribution is -0.0441. The van der Waals surface area contributed by atoms with Gasteiger partial charge in [-0.1, -0.05) is 54.1 Å². The van der Waals surface area contributed by atoms with Gasteiger partial charge in [0.15, 0.2) is 12.1 Å². The number of hydrogen-bond donors (Lipinski definition) is 0. The normalized spacial score (nSPS) is 15.4. The summed E-state index contributed by atoms with van der Waals surface area (Å²) in [5.41, 5.74) is 3.47. The standard InChI is InChI=1S/C17H16O3/c1-12-2-4-13(5-3-12)16(18)14-6-8-15(9-7-14)17-19-10-11-20-17/h2-9,17H,10-11H2,1H3. The van der Waals surface area contributed by atoms with Crippen molar-refractivity contribution in [2.24, 2.45) is 0 Å². The number of benzene rings is 2. The van der Waals surface area contributed by atoms with Crippen LogP contribution in [0.5, 0.6) is 0 Å². The fourth-order valence-electron chi connectivity index (χ4n) is 2.21. The van der Waals surface area contributed by atoms with Crippen LogP contribution >= 0.6 is 0 Å². The fraction of sp³-hybridized carbons (Fsp3) is 0.235. The smallest absolute Gasteiger partial charge is 0.193 e. The summed E-state index contributed by atoms with van der Waals surface area (Å²) in [5, 5.41) is 0. The minimum absolute atomic E-state index is 0.0322. The van der Waals surface area contributed by atoms with Gasteiger partial charge < -0.3 is 9.47 Å². The number of carbonyl (C=O) groups excluding carboxylic acids is 1. The zero-order chi connectivity index (χ0) is 13.9. The molecule has 0 bridgehead atoms. The molecule has 0 aromatic heterocycles. The summed E-state index contributed by atoms with van der Waals surface area (Å²) in [6.07, 6.45) is -0.293. The van der Waals surface area contributed by atoms with Gasteiger partial charge >= 0.3 is 0 Å². The first kappa shape index (κ1) is 13.0. The van der Waals surface area contributed by atoms with Crippen molar-refractivity contribution in [3.05, 3.63) is 70.8 Å². The Bertz CT molecular complexity index is 593. The average Bonchev–Trinajstić information content (AvgIpc) is 3.02. The first-order valence-corrected chi connectivity index (χ1v) is 6.68.